The Hall–Kier alpha value is -1.83. The van der Waals surface area contributed by atoms with Gasteiger partial charge >= 0.3 is 12.0 Å². The zero-order valence-electron chi connectivity index (χ0n) is 12.8. The van der Waals surface area contributed by atoms with Crippen molar-refractivity contribution in [1.29, 1.82) is 0 Å². The predicted molar refractivity (Wildman–Crippen MR) is 76.9 cm³/mol. The summed E-state index contributed by atoms with van der Waals surface area (Å²) in [6.07, 6.45) is 0.472. The van der Waals surface area contributed by atoms with Crippen molar-refractivity contribution in [1.82, 2.24) is 16.0 Å². The molecule has 0 aromatic rings. The van der Waals surface area contributed by atoms with Gasteiger partial charge in [-0.25, -0.2) is 9.59 Å². The molecule has 0 rings (SSSR count). The second-order valence-corrected chi connectivity index (χ2v) is 5.01. The highest BCUT2D eigenvalue weighted by molar-refractivity contribution is 5.83. The summed E-state index contributed by atoms with van der Waals surface area (Å²) in [5, 5.41) is 16.4. The quantitative estimate of drug-likeness (QED) is 0.422. The summed E-state index contributed by atoms with van der Waals surface area (Å²) in [7, 11) is 1.54. The number of urea groups is 1. The van der Waals surface area contributed by atoms with Crippen LogP contribution in [0.2, 0.25) is 0 Å². The molecule has 0 radical (unpaired) electrons. The number of nitrogens with one attached hydrogen (secondary N) is 3. The zero-order valence-corrected chi connectivity index (χ0v) is 12.8. The highest BCUT2D eigenvalue weighted by Crippen LogP contribution is 2.04. The number of methoxy groups -OCH3 is 1. The Balaban J connectivity index is 3.92. The van der Waals surface area contributed by atoms with Gasteiger partial charge in [0.25, 0.3) is 0 Å². The first kappa shape index (κ1) is 19.2. The Bertz CT molecular complexity index is 347. The standard InChI is InChI=1S/C13H25N3O5/c1-9(2)8-10(12(18)19)16-13(20)15-5-4-11(17)14-6-7-21-3/h9-10H,4-8H2,1-3H3,(H,14,17)(H,18,19)(H2,15,16,20). The largest absolute Gasteiger partial charge is 0.480 e. The molecule has 4 N–H and O–H groups in total. The van der Waals surface area contributed by atoms with Gasteiger partial charge in [0.1, 0.15) is 6.04 Å². The number of rotatable bonds is 10. The van der Waals surface area contributed by atoms with E-state index in [1.54, 1.807) is 0 Å². The molecule has 0 bridgehead atoms. The van der Waals surface area contributed by atoms with Crippen molar-refractivity contribution >= 4 is 17.9 Å². The van der Waals surface area contributed by atoms with Crippen molar-refractivity contribution in [2.24, 2.45) is 5.92 Å². The number of carboxylic acid groups (broad SMARTS) is 1. The van der Waals surface area contributed by atoms with Gasteiger partial charge in [0.05, 0.1) is 6.61 Å². The Morgan fingerprint density at radius 3 is 2.33 bits per heavy atom. The van der Waals surface area contributed by atoms with Crippen LogP contribution in [-0.2, 0) is 14.3 Å². The minimum absolute atomic E-state index is 0.124. The van der Waals surface area contributed by atoms with E-state index < -0.39 is 18.0 Å². The molecular formula is C13H25N3O5. The van der Waals surface area contributed by atoms with Crippen LogP contribution >= 0.6 is 0 Å². The monoisotopic (exact) mass is 303 g/mol. The third-order valence-corrected chi connectivity index (χ3v) is 2.58. The van der Waals surface area contributed by atoms with E-state index >= 15 is 0 Å². The molecule has 8 nitrogen and oxygen atoms in total. The summed E-state index contributed by atoms with van der Waals surface area (Å²) in [5.41, 5.74) is 0. The molecule has 0 aromatic carbocycles. The Labute approximate surface area is 124 Å². The maximum absolute atomic E-state index is 11.5. The number of aliphatic carboxylic acids is 1. The maximum atomic E-state index is 11.5. The third-order valence-electron chi connectivity index (χ3n) is 2.58. The van der Waals surface area contributed by atoms with Gasteiger partial charge < -0.3 is 25.8 Å². The third kappa shape index (κ3) is 10.6. The van der Waals surface area contributed by atoms with Crippen molar-refractivity contribution in [3.8, 4) is 0 Å². The second-order valence-electron chi connectivity index (χ2n) is 5.01. The number of hydrogen-bond donors (Lipinski definition) is 4. The lowest BCUT2D eigenvalue weighted by Crippen LogP contribution is -2.47. The van der Waals surface area contributed by atoms with E-state index in [4.69, 9.17) is 9.84 Å². The SMILES string of the molecule is COCCNC(=O)CCNC(=O)NC(CC(C)C)C(=O)O. The van der Waals surface area contributed by atoms with E-state index in [0.29, 0.717) is 19.6 Å². The molecule has 0 spiro atoms. The number of carbonyl (C=O) groups excluding carboxylic acids is 2. The molecule has 0 aliphatic carbocycles. The minimum atomic E-state index is -1.07. The average molecular weight is 303 g/mol. The molecule has 1 unspecified atom stereocenters. The fourth-order valence-electron chi connectivity index (χ4n) is 1.57. The van der Waals surface area contributed by atoms with Crippen molar-refractivity contribution in [3.05, 3.63) is 0 Å². The minimum Gasteiger partial charge on any atom is -0.480 e. The van der Waals surface area contributed by atoms with E-state index in [1.807, 2.05) is 13.8 Å². The predicted octanol–water partition coefficient (Wildman–Crippen LogP) is -0.0624. The Morgan fingerprint density at radius 1 is 1.14 bits per heavy atom. The molecule has 0 fully saturated rings. The summed E-state index contributed by atoms with van der Waals surface area (Å²) in [5.74, 6) is -1.13. The van der Waals surface area contributed by atoms with Crippen LogP contribution < -0.4 is 16.0 Å². The molecule has 0 heterocycles. The Morgan fingerprint density at radius 2 is 1.81 bits per heavy atom. The van der Waals surface area contributed by atoms with Gasteiger partial charge in [-0.05, 0) is 12.3 Å². The molecule has 0 saturated carbocycles. The van der Waals surface area contributed by atoms with Crippen molar-refractivity contribution in [2.75, 3.05) is 26.8 Å². The number of ether oxygens (including phenoxy) is 1. The van der Waals surface area contributed by atoms with Crippen LogP contribution in [0, 0.1) is 5.92 Å². The molecule has 0 aliphatic heterocycles. The van der Waals surface area contributed by atoms with Gasteiger partial charge in [-0.15, -0.1) is 0 Å². The van der Waals surface area contributed by atoms with Gasteiger partial charge in [0.15, 0.2) is 0 Å². The van der Waals surface area contributed by atoms with Crippen LogP contribution in [0.15, 0.2) is 0 Å². The Kier molecular flexibility index (Phi) is 9.95. The van der Waals surface area contributed by atoms with Crippen LogP contribution in [0.5, 0.6) is 0 Å². The van der Waals surface area contributed by atoms with Crippen molar-refractivity contribution in [3.63, 3.8) is 0 Å². The smallest absolute Gasteiger partial charge is 0.326 e. The maximum Gasteiger partial charge on any atom is 0.326 e. The molecule has 21 heavy (non-hydrogen) atoms. The zero-order chi connectivity index (χ0) is 16.3. The molecule has 122 valence electrons. The van der Waals surface area contributed by atoms with E-state index in [9.17, 15) is 14.4 Å². The lowest BCUT2D eigenvalue weighted by Gasteiger charge is -2.16. The first-order valence-electron chi connectivity index (χ1n) is 6.89. The molecule has 0 aliphatic rings. The van der Waals surface area contributed by atoms with Gasteiger partial charge in [-0.1, -0.05) is 13.8 Å². The van der Waals surface area contributed by atoms with Crippen LogP contribution in [-0.4, -0.2) is 55.9 Å². The number of carbonyl (C=O) groups is 3. The van der Waals surface area contributed by atoms with Crippen LogP contribution in [0.1, 0.15) is 26.7 Å². The van der Waals surface area contributed by atoms with Gasteiger partial charge in [0, 0.05) is 26.6 Å². The van der Waals surface area contributed by atoms with Crippen LogP contribution in [0.4, 0.5) is 4.79 Å². The number of amides is 3. The lowest BCUT2D eigenvalue weighted by atomic mass is 10.0. The fraction of sp³-hybridized carbons (Fsp3) is 0.769. The molecule has 3 amide bonds. The highest BCUT2D eigenvalue weighted by Gasteiger charge is 2.20. The van der Waals surface area contributed by atoms with Crippen LogP contribution in [0.25, 0.3) is 0 Å². The first-order chi connectivity index (χ1) is 9.86. The van der Waals surface area contributed by atoms with Gasteiger partial charge in [-0.2, -0.15) is 0 Å². The summed E-state index contributed by atoms with van der Waals surface area (Å²) in [6.45, 7) is 4.73. The fourth-order valence-corrected chi connectivity index (χ4v) is 1.57. The molecular weight excluding hydrogens is 278 g/mol. The summed E-state index contributed by atoms with van der Waals surface area (Å²) >= 11 is 0. The highest BCUT2D eigenvalue weighted by atomic mass is 16.5. The van der Waals surface area contributed by atoms with Gasteiger partial charge in [0.2, 0.25) is 5.91 Å². The van der Waals surface area contributed by atoms with Crippen molar-refractivity contribution in [2.45, 2.75) is 32.7 Å². The van der Waals surface area contributed by atoms with E-state index in [0.717, 1.165) is 0 Å². The van der Waals surface area contributed by atoms with Crippen LogP contribution in [0.3, 0.4) is 0 Å². The molecule has 8 heteroatoms. The number of carboxylic acids is 1. The van der Waals surface area contributed by atoms with E-state index in [2.05, 4.69) is 16.0 Å². The average Bonchev–Trinajstić information content (AvgIpc) is 2.37. The second kappa shape index (κ2) is 10.9. The summed E-state index contributed by atoms with van der Waals surface area (Å²) in [4.78, 5) is 33.9. The lowest BCUT2D eigenvalue weighted by molar-refractivity contribution is -0.139. The molecule has 0 aromatic heterocycles. The summed E-state index contributed by atoms with van der Waals surface area (Å²) in [6, 6.07) is -1.52. The topological polar surface area (TPSA) is 117 Å². The van der Waals surface area contributed by atoms with Gasteiger partial charge in [-0.3, -0.25) is 4.79 Å². The summed E-state index contributed by atoms with van der Waals surface area (Å²) < 4.78 is 4.78. The van der Waals surface area contributed by atoms with E-state index in [-0.39, 0.29) is 24.8 Å². The molecule has 1 atom stereocenters. The van der Waals surface area contributed by atoms with Crippen molar-refractivity contribution < 1.29 is 24.2 Å². The van der Waals surface area contributed by atoms with E-state index in [1.165, 1.54) is 7.11 Å². The molecule has 0 saturated heterocycles. The normalized spacial score (nSPS) is 11.8. The number of hydrogen-bond acceptors (Lipinski definition) is 4. The first-order valence-corrected chi connectivity index (χ1v) is 6.89.